The zero-order chi connectivity index (χ0) is 40.8. The van der Waals surface area contributed by atoms with E-state index in [0.717, 1.165) is 18.4 Å². The van der Waals surface area contributed by atoms with Gasteiger partial charge in [0.1, 0.15) is 23.7 Å². The molecule has 4 rings (SSSR count). The van der Waals surface area contributed by atoms with E-state index in [1.54, 1.807) is 19.9 Å². The fraction of sp³-hybridized carbons (Fsp3) is 0.711. The molecule has 0 aromatic heterocycles. The number of piperidine rings is 1. The summed E-state index contributed by atoms with van der Waals surface area (Å²) in [6, 6.07) is -1.05. The van der Waals surface area contributed by atoms with Crippen LogP contribution >= 0.6 is 0 Å². The lowest BCUT2D eigenvalue weighted by molar-refractivity contribution is -0.263. The van der Waals surface area contributed by atoms with Crippen molar-refractivity contribution < 1.29 is 48.8 Å². The van der Waals surface area contributed by atoms with Crippen molar-refractivity contribution in [2.75, 3.05) is 6.54 Å². The summed E-state index contributed by atoms with van der Waals surface area (Å²) in [4.78, 5) is 69.2. The highest BCUT2D eigenvalue weighted by Gasteiger charge is 2.52. The molecule has 3 aliphatic heterocycles. The summed E-state index contributed by atoms with van der Waals surface area (Å²) in [5.74, 6) is -5.84. The molecule has 0 radical (unpaired) electrons. The number of aliphatic hydroxyl groups is 3. The Hall–Kier alpha value is -3.25. The molecule has 1 unspecified atom stereocenters. The van der Waals surface area contributed by atoms with E-state index in [-0.39, 0.29) is 55.8 Å². The van der Waals surface area contributed by atoms with Gasteiger partial charge < -0.3 is 29.7 Å². The van der Waals surface area contributed by atoms with Gasteiger partial charge in [-0.25, -0.2) is 4.79 Å². The molecule has 1 saturated carbocycles. The summed E-state index contributed by atoms with van der Waals surface area (Å²) in [7, 11) is 0. The highest BCUT2D eigenvalue weighted by molar-refractivity contribution is 6.39. The Morgan fingerprint density at radius 2 is 1.59 bits per heavy atom. The van der Waals surface area contributed by atoms with Crippen LogP contribution < -0.4 is 0 Å². The SMILES string of the molecule is C\C1=C/C=C/C=C/CC[C@@H](C)C(=O)C[C@H](O)/C(C)=C/CC(=O)C[C@@H](CCC2CCC(O)CC2)OC(=O)[C@@H]2CCCCN2C(=O)C(=O)C2(O)O[C@H](CC1)CC[C@H]2C. The first-order valence-corrected chi connectivity index (χ1v) is 21.2. The molecule has 11 nitrogen and oxygen atoms in total. The van der Waals surface area contributed by atoms with Crippen molar-refractivity contribution in [1.82, 2.24) is 4.90 Å². The summed E-state index contributed by atoms with van der Waals surface area (Å²) in [6.07, 6.45) is 18.1. The Morgan fingerprint density at radius 1 is 0.839 bits per heavy atom. The normalized spacial score (nSPS) is 37.7. The number of amides is 1. The van der Waals surface area contributed by atoms with E-state index >= 15 is 0 Å². The maximum absolute atomic E-state index is 13.9. The van der Waals surface area contributed by atoms with Crippen molar-refractivity contribution in [3.05, 3.63) is 47.6 Å². The van der Waals surface area contributed by atoms with Gasteiger partial charge >= 0.3 is 5.97 Å². The van der Waals surface area contributed by atoms with Crippen LogP contribution in [-0.4, -0.2) is 92.2 Å². The van der Waals surface area contributed by atoms with Gasteiger partial charge in [0, 0.05) is 37.6 Å². The number of cyclic esters (lactones) is 1. The summed E-state index contributed by atoms with van der Waals surface area (Å²) in [6.45, 7) is 7.40. The van der Waals surface area contributed by atoms with Crippen molar-refractivity contribution >= 4 is 29.2 Å². The van der Waals surface area contributed by atoms with Gasteiger partial charge in [0.05, 0.1) is 18.3 Å². The molecule has 3 fully saturated rings. The minimum absolute atomic E-state index is 0.0103. The molecule has 312 valence electrons. The fourth-order valence-electron chi connectivity index (χ4n) is 8.28. The summed E-state index contributed by atoms with van der Waals surface area (Å²) in [5.41, 5.74) is 1.61. The van der Waals surface area contributed by atoms with Gasteiger partial charge in [-0.15, -0.1) is 0 Å². The molecular weight excluding hydrogens is 714 g/mol. The average molecular weight is 782 g/mol. The van der Waals surface area contributed by atoms with Crippen LogP contribution in [0.4, 0.5) is 0 Å². The third kappa shape index (κ3) is 13.4. The topological polar surface area (TPSA) is 168 Å². The summed E-state index contributed by atoms with van der Waals surface area (Å²) < 4.78 is 12.1. The first kappa shape index (κ1) is 45.5. The maximum Gasteiger partial charge on any atom is 0.329 e. The number of esters is 1. The van der Waals surface area contributed by atoms with Crippen LogP contribution in [0.2, 0.25) is 0 Å². The smallest absolute Gasteiger partial charge is 0.329 e. The van der Waals surface area contributed by atoms with Gasteiger partial charge in [0.15, 0.2) is 0 Å². The number of allylic oxidation sites excluding steroid dienone is 7. The fourth-order valence-corrected chi connectivity index (χ4v) is 8.28. The lowest BCUT2D eigenvalue weighted by Crippen LogP contribution is -2.60. The second-order valence-corrected chi connectivity index (χ2v) is 17.0. The molecule has 0 aromatic rings. The zero-order valence-corrected chi connectivity index (χ0v) is 34.2. The van der Waals surface area contributed by atoms with Crippen LogP contribution in [0.15, 0.2) is 47.6 Å². The second-order valence-electron chi connectivity index (χ2n) is 17.0. The first-order chi connectivity index (χ1) is 26.7. The van der Waals surface area contributed by atoms with E-state index in [9.17, 15) is 39.3 Å². The van der Waals surface area contributed by atoms with E-state index in [1.807, 2.05) is 44.2 Å². The van der Waals surface area contributed by atoms with Gasteiger partial charge in [-0.2, -0.15) is 0 Å². The quantitative estimate of drug-likeness (QED) is 0.162. The predicted molar refractivity (Wildman–Crippen MR) is 213 cm³/mol. The van der Waals surface area contributed by atoms with Gasteiger partial charge in [-0.05, 0) is 122 Å². The van der Waals surface area contributed by atoms with Crippen molar-refractivity contribution in [3.63, 3.8) is 0 Å². The Balaban J connectivity index is 1.56. The highest BCUT2D eigenvalue weighted by Crippen LogP contribution is 2.36. The minimum Gasteiger partial charge on any atom is -0.460 e. The number of ketones is 3. The molecular formula is C45H67NO10. The third-order valence-corrected chi connectivity index (χ3v) is 12.4. The molecule has 1 aliphatic carbocycles. The molecule has 2 saturated heterocycles. The van der Waals surface area contributed by atoms with E-state index in [4.69, 9.17) is 9.47 Å². The van der Waals surface area contributed by atoms with E-state index in [2.05, 4.69) is 0 Å². The molecule has 1 amide bonds. The standard InChI is InChI=1S/C45H67NO10/c1-30-12-8-6-5-7-9-13-31(2)40(49)29-41(50)32(3)16-21-36(48)28-38(26-20-34-18-22-35(47)23-19-34)55-44(53)39-14-10-11-27-46(39)43(52)42(51)45(54)33(4)17-25-37(56-45)24-15-30/h5-8,12,16,31,33-35,37-39,41,47,50,54H,9-11,13-15,17-29H2,1-4H3/b7-5+,8-6+,30-12+,32-16+/t31-,33-,34?,35?,37-,38-,39+,41+,45?/m1/s1. The number of carbonyl (C=O) groups is 5. The van der Waals surface area contributed by atoms with Gasteiger partial charge in [-0.3, -0.25) is 19.2 Å². The monoisotopic (exact) mass is 781 g/mol. The van der Waals surface area contributed by atoms with Gasteiger partial charge in [-0.1, -0.05) is 55.9 Å². The predicted octanol–water partition coefficient (Wildman–Crippen LogP) is 6.57. The third-order valence-electron chi connectivity index (χ3n) is 12.4. The largest absolute Gasteiger partial charge is 0.460 e. The molecule has 3 heterocycles. The maximum atomic E-state index is 13.9. The number of Topliss-reactive ketones (excluding diaryl/α,β-unsaturated/α-hetero) is 3. The molecule has 0 aromatic carbocycles. The lowest BCUT2D eigenvalue weighted by atomic mass is 9.83. The molecule has 0 spiro atoms. The minimum atomic E-state index is -2.32. The summed E-state index contributed by atoms with van der Waals surface area (Å²) in [5, 5.41) is 32.5. The van der Waals surface area contributed by atoms with Crippen LogP contribution in [-0.2, 0) is 33.4 Å². The Kier molecular flexibility index (Phi) is 17.9. The lowest BCUT2D eigenvalue weighted by Gasteiger charge is -2.42. The number of hydrogen-bond donors (Lipinski definition) is 3. The van der Waals surface area contributed by atoms with Crippen LogP contribution in [0.1, 0.15) is 143 Å². The number of hydrogen-bond acceptors (Lipinski definition) is 10. The van der Waals surface area contributed by atoms with Crippen LogP contribution in [0.3, 0.4) is 0 Å². The number of aliphatic hydroxyl groups excluding tert-OH is 2. The van der Waals surface area contributed by atoms with Crippen LogP contribution in [0.25, 0.3) is 0 Å². The van der Waals surface area contributed by atoms with Gasteiger partial charge in [0.25, 0.3) is 11.7 Å². The highest BCUT2D eigenvalue weighted by atomic mass is 16.6. The number of rotatable bonds is 3. The molecule has 56 heavy (non-hydrogen) atoms. The molecule has 3 N–H and O–H groups in total. The molecule has 11 heteroatoms. The van der Waals surface area contributed by atoms with Crippen molar-refractivity contribution in [3.8, 4) is 0 Å². The average Bonchev–Trinajstić information content (AvgIpc) is 3.18. The number of nitrogens with zero attached hydrogens (tertiary/aromatic N) is 1. The zero-order valence-electron chi connectivity index (χ0n) is 34.2. The molecule has 4 aliphatic rings. The Labute approximate surface area is 333 Å². The summed E-state index contributed by atoms with van der Waals surface area (Å²) >= 11 is 0. The second kappa shape index (κ2) is 22.0. The van der Waals surface area contributed by atoms with E-state index < -0.39 is 53.7 Å². The van der Waals surface area contributed by atoms with E-state index in [0.29, 0.717) is 88.5 Å². The van der Waals surface area contributed by atoms with E-state index in [1.165, 1.54) is 4.90 Å². The Bertz CT molecular complexity index is 1490. The number of ether oxygens (including phenoxy) is 2. The molecule has 7 atom stereocenters. The van der Waals surface area contributed by atoms with Crippen molar-refractivity contribution in [2.24, 2.45) is 17.8 Å². The van der Waals surface area contributed by atoms with Crippen molar-refractivity contribution in [2.45, 2.75) is 180 Å². The van der Waals surface area contributed by atoms with Crippen LogP contribution in [0, 0.1) is 17.8 Å². The van der Waals surface area contributed by atoms with Gasteiger partial charge in [0.2, 0.25) is 5.79 Å². The number of fused-ring (bicyclic) bond motifs is 3. The van der Waals surface area contributed by atoms with Crippen LogP contribution in [0.5, 0.6) is 0 Å². The first-order valence-electron chi connectivity index (χ1n) is 21.2. The molecule has 2 bridgehead atoms. The number of carbonyl (C=O) groups excluding carboxylic acids is 5. The Morgan fingerprint density at radius 3 is 2.34 bits per heavy atom. The van der Waals surface area contributed by atoms with Crippen molar-refractivity contribution in [1.29, 1.82) is 0 Å².